The maximum absolute atomic E-state index is 12.5. The molecule has 0 saturated carbocycles. The van der Waals surface area contributed by atoms with E-state index in [1.54, 1.807) is 25.3 Å². The fourth-order valence-electron chi connectivity index (χ4n) is 3.04. The average Bonchev–Trinajstić information content (AvgIpc) is 2.63. The summed E-state index contributed by atoms with van der Waals surface area (Å²) in [6.07, 6.45) is 3.63. The van der Waals surface area contributed by atoms with Crippen LogP contribution in [-0.2, 0) is 0 Å². The van der Waals surface area contributed by atoms with Crippen LogP contribution in [0.2, 0.25) is 5.02 Å². The van der Waals surface area contributed by atoms with Gasteiger partial charge in [0.25, 0.3) is 0 Å². The summed E-state index contributed by atoms with van der Waals surface area (Å²) in [5.74, 6) is 0.559. The molecule has 25 heavy (non-hydrogen) atoms. The summed E-state index contributed by atoms with van der Waals surface area (Å²) in [6, 6.07) is 12.6. The number of carbonyl (C=O) groups excluding carboxylic acids is 1. The zero-order valence-electron chi connectivity index (χ0n) is 14.2. The molecule has 0 spiro atoms. The highest BCUT2D eigenvalue weighted by Crippen LogP contribution is 2.30. The number of rotatable bonds is 4. The van der Waals surface area contributed by atoms with E-state index in [0.717, 1.165) is 24.5 Å². The SMILES string of the molecule is COc1ccc(Cl)cc1NC(=O)Nc1ccccc1N1CCCCC1. The van der Waals surface area contributed by atoms with Gasteiger partial charge in [0.15, 0.2) is 0 Å². The average molecular weight is 360 g/mol. The molecule has 1 fully saturated rings. The van der Waals surface area contributed by atoms with Crippen LogP contribution in [0.15, 0.2) is 42.5 Å². The van der Waals surface area contributed by atoms with Gasteiger partial charge in [-0.25, -0.2) is 4.79 Å². The van der Waals surface area contributed by atoms with Crippen LogP contribution in [0.1, 0.15) is 19.3 Å². The number of benzene rings is 2. The van der Waals surface area contributed by atoms with E-state index in [-0.39, 0.29) is 6.03 Å². The number of carbonyl (C=O) groups is 1. The number of amides is 2. The fraction of sp³-hybridized carbons (Fsp3) is 0.316. The molecule has 1 heterocycles. The summed E-state index contributed by atoms with van der Waals surface area (Å²) in [5.41, 5.74) is 2.38. The Bertz CT molecular complexity index is 745. The number of piperidine rings is 1. The molecule has 6 heteroatoms. The first-order valence-electron chi connectivity index (χ1n) is 8.43. The number of halogens is 1. The molecule has 2 N–H and O–H groups in total. The Hall–Kier alpha value is -2.40. The first-order chi connectivity index (χ1) is 12.2. The Balaban J connectivity index is 1.74. The number of hydrogen-bond donors (Lipinski definition) is 2. The number of anilines is 3. The Kier molecular flexibility index (Phi) is 5.66. The molecule has 2 aromatic carbocycles. The Morgan fingerprint density at radius 1 is 1.04 bits per heavy atom. The Labute approximate surface area is 152 Å². The number of para-hydroxylation sites is 2. The van der Waals surface area contributed by atoms with Gasteiger partial charge in [0.05, 0.1) is 24.2 Å². The summed E-state index contributed by atoms with van der Waals surface area (Å²) in [6.45, 7) is 2.03. The Morgan fingerprint density at radius 3 is 2.52 bits per heavy atom. The molecule has 2 amide bonds. The molecule has 0 aliphatic carbocycles. The molecule has 0 aromatic heterocycles. The third-order valence-corrected chi connectivity index (χ3v) is 4.49. The first-order valence-corrected chi connectivity index (χ1v) is 8.80. The van der Waals surface area contributed by atoms with Crippen LogP contribution in [0.3, 0.4) is 0 Å². The van der Waals surface area contributed by atoms with Crippen molar-refractivity contribution in [3.63, 3.8) is 0 Å². The summed E-state index contributed by atoms with van der Waals surface area (Å²) < 4.78 is 5.26. The molecule has 1 aliphatic rings. The van der Waals surface area contributed by atoms with Crippen LogP contribution < -0.4 is 20.3 Å². The zero-order chi connectivity index (χ0) is 17.6. The second-order valence-electron chi connectivity index (χ2n) is 5.99. The summed E-state index contributed by atoms with van der Waals surface area (Å²) >= 11 is 6.01. The van der Waals surface area contributed by atoms with Crippen LogP contribution in [0.25, 0.3) is 0 Å². The lowest BCUT2D eigenvalue weighted by Crippen LogP contribution is -2.30. The highest BCUT2D eigenvalue weighted by Gasteiger charge is 2.16. The third-order valence-electron chi connectivity index (χ3n) is 4.26. The van der Waals surface area contributed by atoms with E-state index >= 15 is 0 Å². The minimum Gasteiger partial charge on any atom is -0.495 e. The predicted octanol–water partition coefficient (Wildman–Crippen LogP) is 4.98. The van der Waals surface area contributed by atoms with Gasteiger partial charge in [-0.15, -0.1) is 0 Å². The lowest BCUT2D eigenvalue weighted by Gasteiger charge is -2.30. The van der Waals surface area contributed by atoms with Gasteiger partial charge >= 0.3 is 6.03 Å². The minimum absolute atomic E-state index is 0.329. The van der Waals surface area contributed by atoms with Gasteiger partial charge in [0.2, 0.25) is 0 Å². The van der Waals surface area contributed by atoms with Crippen LogP contribution >= 0.6 is 11.6 Å². The number of nitrogens with zero attached hydrogens (tertiary/aromatic N) is 1. The maximum atomic E-state index is 12.5. The second kappa shape index (κ2) is 8.12. The Morgan fingerprint density at radius 2 is 1.76 bits per heavy atom. The first kappa shape index (κ1) is 17.4. The van der Waals surface area contributed by atoms with Crippen LogP contribution in [0.5, 0.6) is 5.75 Å². The monoisotopic (exact) mass is 359 g/mol. The van der Waals surface area contributed by atoms with Crippen molar-refractivity contribution in [3.8, 4) is 5.75 Å². The van der Waals surface area contributed by atoms with Crippen molar-refractivity contribution in [2.24, 2.45) is 0 Å². The van der Waals surface area contributed by atoms with Crippen LogP contribution in [0, 0.1) is 0 Å². The van der Waals surface area contributed by atoms with Crippen molar-refractivity contribution in [3.05, 3.63) is 47.5 Å². The lowest BCUT2D eigenvalue weighted by molar-refractivity contribution is 0.262. The van der Waals surface area contributed by atoms with E-state index in [0.29, 0.717) is 16.5 Å². The van der Waals surface area contributed by atoms with E-state index in [1.807, 2.05) is 24.3 Å². The van der Waals surface area contributed by atoms with E-state index in [1.165, 1.54) is 19.3 Å². The fourth-order valence-corrected chi connectivity index (χ4v) is 3.22. The summed E-state index contributed by atoms with van der Waals surface area (Å²) in [4.78, 5) is 14.8. The largest absolute Gasteiger partial charge is 0.495 e. The molecule has 0 atom stereocenters. The van der Waals surface area contributed by atoms with Gasteiger partial charge in [0, 0.05) is 18.1 Å². The molecule has 0 unspecified atom stereocenters. The quantitative estimate of drug-likeness (QED) is 0.809. The molecule has 2 aromatic rings. The topological polar surface area (TPSA) is 53.6 Å². The third kappa shape index (κ3) is 4.37. The number of ether oxygens (including phenoxy) is 1. The van der Waals surface area contributed by atoms with Crippen LogP contribution in [-0.4, -0.2) is 26.2 Å². The highest BCUT2D eigenvalue weighted by atomic mass is 35.5. The van der Waals surface area contributed by atoms with E-state index in [9.17, 15) is 4.79 Å². The van der Waals surface area contributed by atoms with Gasteiger partial charge in [-0.2, -0.15) is 0 Å². The number of hydrogen-bond acceptors (Lipinski definition) is 3. The van der Waals surface area contributed by atoms with E-state index in [2.05, 4.69) is 15.5 Å². The zero-order valence-corrected chi connectivity index (χ0v) is 15.0. The standard InChI is InChI=1S/C19H22ClN3O2/c1-25-18-10-9-14(20)13-16(18)22-19(24)21-15-7-3-4-8-17(15)23-11-5-2-6-12-23/h3-4,7-10,13H,2,5-6,11-12H2,1H3,(H2,21,22,24). The molecule has 132 valence electrons. The molecule has 5 nitrogen and oxygen atoms in total. The molecule has 1 aliphatic heterocycles. The lowest BCUT2D eigenvalue weighted by atomic mass is 10.1. The van der Waals surface area contributed by atoms with Gasteiger partial charge in [-0.1, -0.05) is 23.7 Å². The van der Waals surface area contributed by atoms with E-state index < -0.39 is 0 Å². The van der Waals surface area contributed by atoms with E-state index in [4.69, 9.17) is 16.3 Å². The van der Waals surface area contributed by atoms with Crippen molar-refractivity contribution in [1.82, 2.24) is 0 Å². The molecule has 0 bridgehead atoms. The number of urea groups is 1. The maximum Gasteiger partial charge on any atom is 0.323 e. The summed E-state index contributed by atoms with van der Waals surface area (Å²) in [5, 5.41) is 6.27. The minimum atomic E-state index is -0.329. The van der Waals surface area contributed by atoms with Crippen molar-refractivity contribution in [2.75, 3.05) is 35.7 Å². The second-order valence-corrected chi connectivity index (χ2v) is 6.43. The van der Waals surface area contributed by atoms with Crippen molar-refractivity contribution in [1.29, 1.82) is 0 Å². The summed E-state index contributed by atoms with van der Waals surface area (Å²) in [7, 11) is 1.55. The molecular weight excluding hydrogens is 338 g/mol. The molecule has 1 saturated heterocycles. The number of methoxy groups -OCH3 is 1. The van der Waals surface area contributed by atoms with Gasteiger partial charge in [-0.05, 0) is 49.6 Å². The van der Waals surface area contributed by atoms with Crippen molar-refractivity contribution in [2.45, 2.75) is 19.3 Å². The molecule has 3 rings (SSSR count). The van der Waals surface area contributed by atoms with Crippen molar-refractivity contribution < 1.29 is 9.53 Å². The van der Waals surface area contributed by atoms with Crippen molar-refractivity contribution >= 4 is 34.7 Å². The van der Waals surface area contributed by atoms with Gasteiger partial charge < -0.3 is 20.3 Å². The highest BCUT2D eigenvalue weighted by molar-refractivity contribution is 6.31. The molecular formula is C19H22ClN3O2. The van der Waals surface area contributed by atoms with Gasteiger partial charge in [-0.3, -0.25) is 0 Å². The number of nitrogens with one attached hydrogen (secondary N) is 2. The smallest absolute Gasteiger partial charge is 0.323 e. The van der Waals surface area contributed by atoms with Gasteiger partial charge in [0.1, 0.15) is 5.75 Å². The molecule has 0 radical (unpaired) electrons. The van der Waals surface area contributed by atoms with Crippen LogP contribution in [0.4, 0.5) is 21.9 Å². The predicted molar refractivity (Wildman–Crippen MR) is 103 cm³/mol. The normalized spacial score (nSPS) is 14.1.